The van der Waals surface area contributed by atoms with E-state index in [-0.39, 0.29) is 0 Å². The van der Waals surface area contributed by atoms with Crippen LogP contribution in [0.1, 0.15) is 25.7 Å². The molecule has 5 heteroatoms. The molecule has 1 N–H and O–H groups in total. The largest absolute Gasteiger partial charge is 0.465 e. The van der Waals surface area contributed by atoms with Gasteiger partial charge in [0.05, 0.1) is 0 Å². The summed E-state index contributed by atoms with van der Waals surface area (Å²) in [6, 6.07) is 1.15. The SMILES string of the molecule is CN(C1CCOCC1)C1CCN(C(=O)O)CC1. The maximum atomic E-state index is 10.8. The normalized spacial score (nSPS) is 24.2. The minimum atomic E-state index is -0.780. The Morgan fingerprint density at radius 3 is 2.24 bits per heavy atom. The molecule has 0 aromatic heterocycles. The molecule has 1 amide bonds. The van der Waals surface area contributed by atoms with Crippen molar-refractivity contribution in [2.45, 2.75) is 37.8 Å². The molecular formula is C12H22N2O3. The topological polar surface area (TPSA) is 53.0 Å². The van der Waals surface area contributed by atoms with E-state index in [2.05, 4.69) is 11.9 Å². The first-order valence-electron chi connectivity index (χ1n) is 6.46. The van der Waals surface area contributed by atoms with E-state index in [1.54, 1.807) is 0 Å². The van der Waals surface area contributed by atoms with E-state index in [0.29, 0.717) is 25.2 Å². The average molecular weight is 242 g/mol. The first-order valence-corrected chi connectivity index (χ1v) is 6.46. The number of carboxylic acid groups (broad SMARTS) is 1. The Bertz CT molecular complexity index is 258. The summed E-state index contributed by atoms with van der Waals surface area (Å²) in [5.41, 5.74) is 0. The molecule has 2 aliphatic heterocycles. The maximum absolute atomic E-state index is 10.8. The van der Waals surface area contributed by atoms with Crippen LogP contribution in [0.2, 0.25) is 0 Å². The minimum absolute atomic E-state index is 0.536. The molecule has 98 valence electrons. The molecule has 2 aliphatic rings. The van der Waals surface area contributed by atoms with E-state index in [1.807, 2.05) is 0 Å². The predicted octanol–water partition coefficient (Wildman–Crippen LogP) is 1.24. The van der Waals surface area contributed by atoms with Gasteiger partial charge in [-0.3, -0.25) is 0 Å². The van der Waals surface area contributed by atoms with E-state index >= 15 is 0 Å². The van der Waals surface area contributed by atoms with Crippen molar-refractivity contribution >= 4 is 6.09 Å². The van der Waals surface area contributed by atoms with Crippen molar-refractivity contribution in [2.75, 3.05) is 33.4 Å². The highest BCUT2D eigenvalue weighted by molar-refractivity contribution is 5.65. The summed E-state index contributed by atoms with van der Waals surface area (Å²) in [5, 5.41) is 8.91. The Balaban J connectivity index is 1.81. The van der Waals surface area contributed by atoms with Gasteiger partial charge in [0, 0.05) is 38.4 Å². The van der Waals surface area contributed by atoms with Crippen molar-refractivity contribution in [3.8, 4) is 0 Å². The Labute approximate surface area is 102 Å². The van der Waals surface area contributed by atoms with E-state index in [1.165, 1.54) is 4.90 Å². The fraction of sp³-hybridized carbons (Fsp3) is 0.917. The van der Waals surface area contributed by atoms with E-state index in [9.17, 15) is 4.79 Å². The lowest BCUT2D eigenvalue weighted by Crippen LogP contribution is -2.49. The third-order valence-electron chi connectivity index (χ3n) is 4.08. The van der Waals surface area contributed by atoms with Crippen molar-refractivity contribution < 1.29 is 14.6 Å². The Kier molecular flexibility index (Phi) is 4.23. The van der Waals surface area contributed by atoms with Gasteiger partial charge in [0.2, 0.25) is 0 Å². The highest BCUT2D eigenvalue weighted by Crippen LogP contribution is 2.21. The molecule has 0 aliphatic carbocycles. The molecule has 0 saturated carbocycles. The second-order valence-corrected chi connectivity index (χ2v) is 5.01. The smallest absolute Gasteiger partial charge is 0.407 e. The first-order chi connectivity index (χ1) is 8.18. The Morgan fingerprint density at radius 1 is 1.18 bits per heavy atom. The number of piperidine rings is 1. The van der Waals surface area contributed by atoms with Gasteiger partial charge in [0.15, 0.2) is 0 Å². The van der Waals surface area contributed by atoms with Crippen molar-refractivity contribution in [3.63, 3.8) is 0 Å². The summed E-state index contributed by atoms with van der Waals surface area (Å²) >= 11 is 0. The summed E-state index contributed by atoms with van der Waals surface area (Å²) in [5.74, 6) is 0. The van der Waals surface area contributed by atoms with Gasteiger partial charge >= 0.3 is 6.09 Å². The number of ether oxygens (including phenoxy) is 1. The van der Waals surface area contributed by atoms with Gasteiger partial charge in [-0.05, 0) is 32.7 Å². The fourth-order valence-electron chi connectivity index (χ4n) is 2.85. The molecule has 0 unspecified atom stereocenters. The lowest BCUT2D eigenvalue weighted by atomic mass is 9.99. The molecule has 2 fully saturated rings. The number of rotatable bonds is 2. The second-order valence-electron chi connectivity index (χ2n) is 5.01. The molecule has 0 bridgehead atoms. The maximum Gasteiger partial charge on any atom is 0.407 e. The lowest BCUT2D eigenvalue weighted by Gasteiger charge is -2.40. The number of amides is 1. The van der Waals surface area contributed by atoms with Crippen LogP contribution < -0.4 is 0 Å². The third kappa shape index (κ3) is 3.10. The van der Waals surface area contributed by atoms with Gasteiger partial charge in [-0.25, -0.2) is 4.79 Å². The predicted molar refractivity (Wildman–Crippen MR) is 64.2 cm³/mol. The van der Waals surface area contributed by atoms with Crippen LogP contribution >= 0.6 is 0 Å². The standard InChI is InChI=1S/C12H22N2O3/c1-13(11-4-8-17-9-5-11)10-2-6-14(7-3-10)12(15)16/h10-11H,2-9H2,1H3,(H,15,16). The molecule has 2 rings (SSSR count). The number of nitrogens with zero attached hydrogens (tertiary/aromatic N) is 2. The molecule has 0 radical (unpaired) electrons. The van der Waals surface area contributed by atoms with Crippen LogP contribution in [0, 0.1) is 0 Å². The highest BCUT2D eigenvalue weighted by atomic mass is 16.5. The summed E-state index contributed by atoms with van der Waals surface area (Å²) in [6.45, 7) is 3.08. The van der Waals surface area contributed by atoms with E-state index < -0.39 is 6.09 Å². The lowest BCUT2D eigenvalue weighted by molar-refractivity contribution is 0.0160. The van der Waals surface area contributed by atoms with Crippen LogP contribution in [0.25, 0.3) is 0 Å². The Morgan fingerprint density at radius 2 is 1.71 bits per heavy atom. The molecule has 0 aromatic carbocycles. The third-order valence-corrected chi connectivity index (χ3v) is 4.08. The first kappa shape index (κ1) is 12.6. The molecule has 5 nitrogen and oxygen atoms in total. The van der Waals surface area contributed by atoms with Gasteiger partial charge in [-0.2, -0.15) is 0 Å². The van der Waals surface area contributed by atoms with E-state index in [4.69, 9.17) is 9.84 Å². The summed E-state index contributed by atoms with van der Waals surface area (Å²) in [4.78, 5) is 14.8. The highest BCUT2D eigenvalue weighted by Gasteiger charge is 2.29. The quantitative estimate of drug-likeness (QED) is 0.791. The van der Waals surface area contributed by atoms with Crippen LogP contribution in [0.5, 0.6) is 0 Å². The minimum Gasteiger partial charge on any atom is -0.465 e. The molecule has 17 heavy (non-hydrogen) atoms. The number of carbonyl (C=O) groups is 1. The Hall–Kier alpha value is -0.810. The van der Waals surface area contributed by atoms with Crippen LogP contribution in [0.3, 0.4) is 0 Å². The van der Waals surface area contributed by atoms with Crippen LogP contribution in [0.15, 0.2) is 0 Å². The van der Waals surface area contributed by atoms with Crippen molar-refractivity contribution in [1.29, 1.82) is 0 Å². The van der Waals surface area contributed by atoms with Gasteiger partial charge in [-0.1, -0.05) is 0 Å². The zero-order chi connectivity index (χ0) is 12.3. The molecular weight excluding hydrogens is 220 g/mol. The van der Waals surface area contributed by atoms with Gasteiger partial charge in [0.25, 0.3) is 0 Å². The van der Waals surface area contributed by atoms with Crippen LogP contribution in [-0.4, -0.2) is 66.4 Å². The summed E-state index contributed by atoms with van der Waals surface area (Å²) in [7, 11) is 2.18. The van der Waals surface area contributed by atoms with Crippen molar-refractivity contribution in [3.05, 3.63) is 0 Å². The van der Waals surface area contributed by atoms with Crippen LogP contribution in [0.4, 0.5) is 4.79 Å². The van der Waals surface area contributed by atoms with Crippen LogP contribution in [-0.2, 0) is 4.74 Å². The van der Waals surface area contributed by atoms with E-state index in [0.717, 1.165) is 38.9 Å². The number of hydrogen-bond acceptors (Lipinski definition) is 3. The number of likely N-dealkylation sites (tertiary alicyclic amines) is 1. The zero-order valence-electron chi connectivity index (χ0n) is 10.5. The zero-order valence-corrected chi connectivity index (χ0v) is 10.5. The molecule has 0 aromatic rings. The monoisotopic (exact) mass is 242 g/mol. The molecule has 2 heterocycles. The molecule has 0 atom stereocenters. The van der Waals surface area contributed by atoms with Gasteiger partial charge in [-0.15, -0.1) is 0 Å². The number of hydrogen-bond donors (Lipinski definition) is 1. The van der Waals surface area contributed by atoms with Crippen molar-refractivity contribution in [1.82, 2.24) is 9.80 Å². The molecule has 0 spiro atoms. The summed E-state index contributed by atoms with van der Waals surface area (Å²) in [6.07, 6.45) is 3.35. The van der Waals surface area contributed by atoms with Crippen molar-refractivity contribution in [2.24, 2.45) is 0 Å². The fourth-order valence-corrected chi connectivity index (χ4v) is 2.85. The summed E-state index contributed by atoms with van der Waals surface area (Å²) < 4.78 is 5.37. The molecule has 2 saturated heterocycles. The average Bonchev–Trinajstić information content (AvgIpc) is 2.39. The second kappa shape index (κ2) is 5.69. The van der Waals surface area contributed by atoms with Gasteiger partial charge in [0.1, 0.15) is 0 Å². The van der Waals surface area contributed by atoms with Gasteiger partial charge < -0.3 is 19.6 Å².